The zero-order valence-corrected chi connectivity index (χ0v) is 13.8. The van der Waals surface area contributed by atoms with Crippen molar-refractivity contribution in [2.75, 3.05) is 0 Å². The van der Waals surface area contributed by atoms with Gasteiger partial charge in [-0.05, 0) is 32.8 Å². The van der Waals surface area contributed by atoms with E-state index in [0.717, 1.165) is 17.0 Å². The Kier molecular flexibility index (Phi) is 5.41. The molecule has 0 unspecified atom stereocenters. The van der Waals surface area contributed by atoms with Gasteiger partial charge in [0, 0.05) is 29.8 Å². The predicted octanol–water partition coefficient (Wildman–Crippen LogP) is 2.41. The van der Waals surface area contributed by atoms with Crippen molar-refractivity contribution in [3.63, 3.8) is 0 Å². The molecule has 1 aromatic heterocycles. The summed E-state index contributed by atoms with van der Waals surface area (Å²) in [4.78, 5) is 22.2. The standard InChI is InChI=1S/C16H19N5O3/c1-10(13-5-4-6-14(9-13)21(23)24)17-20-16(22)8-7-15-11(2)18-19-12(15)3/h4-6,9H,7-8H2,1-3H3,(H,18,19)(H,20,22)/b17-10-. The molecular formula is C16H19N5O3. The summed E-state index contributed by atoms with van der Waals surface area (Å²) in [6.45, 7) is 5.49. The fourth-order valence-electron chi connectivity index (χ4n) is 2.29. The Bertz CT molecular complexity index is 775. The van der Waals surface area contributed by atoms with Crippen molar-refractivity contribution < 1.29 is 9.72 Å². The number of nitrogens with one attached hydrogen (secondary N) is 2. The summed E-state index contributed by atoms with van der Waals surface area (Å²) in [5.41, 5.74) is 6.43. The highest BCUT2D eigenvalue weighted by Gasteiger charge is 2.10. The second-order valence-corrected chi connectivity index (χ2v) is 5.45. The number of aryl methyl sites for hydroxylation is 2. The number of carbonyl (C=O) groups excluding carboxylic acids is 1. The van der Waals surface area contributed by atoms with Crippen LogP contribution in [0.5, 0.6) is 0 Å². The topological polar surface area (TPSA) is 113 Å². The van der Waals surface area contributed by atoms with Gasteiger partial charge in [-0.1, -0.05) is 12.1 Å². The maximum atomic E-state index is 11.9. The third-order valence-electron chi connectivity index (χ3n) is 3.71. The van der Waals surface area contributed by atoms with Crippen LogP contribution in [0.4, 0.5) is 5.69 Å². The first-order valence-corrected chi connectivity index (χ1v) is 7.47. The normalized spacial score (nSPS) is 11.4. The minimum absolute atomic E-state index is 0.0146. The molecule has 0 aliphatic heterocycles. The lowest BCUT2D eigenvalue weighted by atomic mass is 10.1. The minimum Gasteiger partial charge on any atom is -0.282 e. The Hall–Kier alpha value is -3.03. The largest absolute Gasteiger partial charge is 0.282 e. The van der Waals surface area contributed by atoms with E-state index in [1.807, 2.05) is 13.8 Å². The van der Waals surface area contributed by atoms with Crippen LogP contribution >= 0.6 is 0 Å². The molecule has 0 aliphatic carbocycles. The van der Waals surface area contributed by atoms with Crippen molar-refractivity contribution >= 4 is 17.3 Å². The minimum atomic E-state index is -0.467. The van der Waals surface area contributed by atoms with E-state index in [2.05, 4.69) is 20.7 Å². The van der Waals surface area contributed by atoms with Gasteiger partial charge < -0.3 is 0 Å². The molecule has 126 valence electrons. The van der Waals surface area contributed by atoms with Crippen molar-refractivity contribution in [3.8, 4) is 0 Å². The van der Waals surface area contributed by atoms with E-state index in [0.29, 0.717) is 17.7 Å². The van der Waals surface area contributed by atoms with Gasteiger partial charge in [-0.25, -0.2) is 5.43 Å². The third kappa shape index (κ3) is 4.25. The number of non-ortho nitro benzene ring substituents is 1. The number of hydrazone groups is 1. The van der Waals surface area contributed by atoms with Crippen molar-refractivity contribution in [1.82, 2.24) is 15.6 Å². The maximum absolute atomic E-state index is 11.9. The van der Waals surface area contributed by atoms with Crippen LogP contribution in [0.3, 0.4) is 0 Å². The Morgan fingerprint density at radius 3 is 2.79 bits per heavy atom. The lowest BCUT2D eigenvalue weighted by Crippen LogP contribution is -2.19. The van der Waals surface area contributed by atoms with E-state index in [-0.39, 0.29) is 18.0 Å². The number of aromatic amines is 1. The molecule has 2 N–H and O–H groups in total. The van der Waals surface area contributed by atoms with Gasteiger partial charge in [0.2, 0.25) is 5.91 Å². The zero-order valence-electron chi connectivity index (χ0n) is 13.8. The van der Waals surface area contributed by atoms with Gasteiger partial charge in [0.1, 0.15) is 0 Å². The molecule has 1 aromatic carbocycles. The molecule has 1 heterocycles. The first kappa shape index (κ1) is 17.3. The van der Waals surface area contributed by atoms with Crippen LogP contribution in [-0.4, -0.2) is 26.7 Å². The molecule has 0 spiro atoms. The highest BCUT2D eigenvalue weighted by molar-refractivity contribution is 5.99. The number of carbonyl (C=O) groups is 1. The summed E-state index contributed by atoms with van der Waals surface area (Å²) in [5.74, 6) is -0.222. The van der Waals surface area contributed by atoms with E-state index in [4.69, 9.17) is 0 Å². The molecule has 0 atom stereocenters. The Morgan fingerprint density at radius 1 is 1.42 bits per heavy atom. The Labute approximate surface area is 139 Å². The van der Waals surface area contributed by atoms with E-state index < -0.39 is 4.92 Å². The number of nitro groups is 1. The van der Waals surface area contributed by atoms with Gasteiger partial charge in [0.15, 0.2) is 0 Å². The molecule has 2 aromatic rings. The lowest BCUT2D eigenvalue weighted by molar-refractivity contribution is -0.384. The van der Waals surface area contributed by atoms with Crippen LogP contribution in [0.25, 0.3) is 0 Å². The molecule has 0 radical (unpaired) electrons. The number of nitro benzene ring substituents is 1. The number of rotatable bonds is 6. The van der Waals surface area contributed by atoms with Crippen LogP contribution < -0.4 is 5.43 Å². The molecule has 0 fully saturated rings. The van der Waals surface area contributed by atoms with Crippen molar-refractivity contribution in [3.05, 3.63) is 56.9 Å². The summed E-state index contributed by atoms with van der Waals surface area (Å²) in [6.07, 6.45) is 0.859. The van der Waals surface area contributed by atoms with Gasteiger partial charge in [-0.3, -0.25) is 20.0 Å². The maximum Gasteiger partial charge on any atom is 0.270 e. The zero-order chi connectivity index (χ0) is 17.7. The SMILES string of the molecule is C/C(=N/NC(=O)CCc1c(C)n[nH]c1C)c1cccc([N+](=O)[O-])c1. The quantitative estimate of drug-likeness (QED) is 0.481. The van der Waals surface area contributed by atoms with Crippen LogP contribution in [0.2, 0.25) is 0 Å². The number of hydrogen-bond donors (Lipinski definition) is 2. The Balaban J connectivity index is 1.95. The van der Waals surface area contributed by atoms with E-state index in [1.54, 1.807) is 19.1 Å². The summed E-state index contributed by atoms with van der Waals surface area (Å²) >= 11 is 0. The molecule has 8 nitrogen and oxygen atoms in total. The summed E-state index contributed by atoms with van der Waals surface area (Å²) in [6, 6.07) is 6.11. The van der Waals surface area contributed by atoms with Crippen LogP contribution in [0, 0.1) is 24.0 Å². The Morgan fingerprint density at radius 2 is 2.17 bits per heavy atom. The molecular weight excluding hydrogens is 310 g/mol. The van der Waals surface area contributed by atoms with E-state index in [9.17, 15) is 14.9 Å². The number of H-pyrrole nitrogens is 1. The highest BCUT2D eigenvalue weighted by Crippen LogP contribution is 2.14. The number of amides is 1. The molecule has 0 bridgehead atoms. The average molecular weight is 329 g/mol. The van der Waals surface area contributed by atoms with Crippen LogP contribution in [0.15, 0.2) is 29.4 Å². The molecule has 0 aliphatic rings. The van der Waals surface area contributed by atoms with Crippen molar-refractivity contribution in [2.24, 2.45) is 5.10 Å². The number of benzene rings is 1. The van der Waals surface area contributed by atoms with Crippen LogP contribution in [-0.2, 0) is 11.2 Å². The first-order chi connectivity index (χ1) is 11.4. The van der Waals surface area contributed by atoms with Gasteiger partial charge >= 0.3 is 0 Å². The smallest absolute Gasteiger partial charge is 0.270 e. The molecule has 8 heteroatoms. The molecule has 0 saturated heterocycles. The summed E-state index contributed by atoms with van der Waals surface area (Å²) < 4.78 is 0. The lowest BCUT2D eigenvalue weighted by Gasteiger charge is -2.04. The summed E-state index contributed by atoms with van der Waals surface area (Å²) in [7, 11) is 0. The van der Waals surface area contributed by atoms with E-state index >= 15 is 0 Å². The van der Waals surface area contributed by atoms with Gasteiger partial charge in [0.05, 0.1) is 16.3 Å². The number of aromatic nitrogens is 2. The summed E-state index contributed by atoms with van der Waals surface area (Å²) in [5, 5.41) is 21.8. The molecule has 24 heavy (non-hydrogen) atoms. The fraction of sp³-hybridized carbons (Fsp3) is 0.312. The fourth-order valence-corrected chi connectivity index (χ4v) is 2.29. The van der Waals surface area contributed by atoms with Crippen molar-refractivity contribution in [1.29, 1.82) is 0 Å². The number of nitrogens with zero attached hydrogens (tertiary/aromatic N) is 3. The average Bonchev–Trinajstić information content (AvgIpc) is 2.89. The van der Waals surface area contributed by atoms with Gasteiger partial charge in [-0.15, -0.1) is 0 Å². The number of hydrogen-bond acceptors (Lipinski definition) is 5. The van der Waals surface area contributed by atoms with E-state index in [1.165, 1.54) is 12.1 Å². The van der Waals surface area contributed by atoms with Crippen LogP contribution in [0.1, 0.15) is 35.9 Å². The van der Waals surface area contributed by atoms with Crippen molar-refractivity contribution in [2.45, 2.75) is 33.6 Å². The monoisotopic (exact) mass is 329 g/mol. The van der Waals surface area contributed by atoms with Gasteiger partial charge in [0.25, 0.3) is 5.69 Å². The second kappa shape index (κ2) is 7.49. The first-order valence-electron chi connectivity index (χ1n) is 7.47. The predicted molar refractivity (Wildman–Crippen MR) is 89.8 cm³/mol. The third-order valence-corrected chi connectivity index (χ3v) is 3.71. The molecule has 1 amide bonds. The highest BCUT2D eigenvalue weighted by atomic mass is 16.6. The molecule has 2 rings (SSSR count). The molecule has 0 saturated carbocycles. The van der Waals surface area contributed by atoms with Gasteiger partial charge in [-0.2, -0.15) is 10.2 Å². The second-order valence-electron chi connectivity index (χ2n) is 5.45.